The van der Waals surface area contributed by atoms with Gasteiger partial charge in [-0.2, -0.15) is 0 Å². The van der Waals surface area contributed by atoms with Crippen LogP contribution in [0.15, 0.2) is 36.4 Å². The number of benzene rings is 2. The molecule has 1 N–H and O–H groups in total. The van der Waals surface area contributed by atoms with Gasteiger partial charge in [-0.1, -0.05) is 19.1 Å². The van der Waals surface area contributed by atoms with Crippen LogP contribution in [0, 0.1) is 5.92 Å². The number of phenolic OH excluding ortho intramolecular Hbond substituents is 1. The summed E-state index contributed by atoms with van der Waals surface area (Å²) in [6.45, 7) is 2.24. The summed E-state index contributed by atoms with van der Waals surface area (Å²) in [6, 6.07) is 11.6. The largest absolute Gasteiger partial charge is 0.504 e. The van der Waals surface area contributed by atoms with Crippen LogP contribution in [0.2, 0.25) is 0 Å². The van der Waals surface area contributed by atoms with Crippen LogP contribution in [0.25, 0.3) is 0 Å². The van der Waals surface area contributed by atoms with Gasteiger partial charge in [-0.05, 0) is 60.6 Å². The van der Waals surface area contributed by atoms with Crippen molar-refractivity contribution in [1.29, 1.82) is 0 Å². The van der Waals surface area contributed by atoms with Crippen molar-refractivity contribution in [3.8, 4) is 23.0 Å². The standard InChI is InChI=1S/C20H26O4/c1-14(11-16-7-9-17(21)19(13-16)23-3)5-6-15-8-10-18(22-2)20(12-15)24-4/h7-10,12-14,21H,5-6,11H2,1-4H3/t14-/m0/s1. The lowest BCUT2D eigenvalue weighted by atomic mass is 9.94. The van der Waals surface area contributed by atoms with E-state index >= 15 is 0 Å². The highest BCUT2D eigenvalue weighted by Crippen LogP contribution is 2.30. The molecule has 2 rings (SSSR count). The Morgan fingerprint density at radius 2 is 1.46 bits per heavy atom. The van der Waals surface area contributed by atoms with Crippen LogP contribution in [0.1, 0.15) is 24.5 Å². The molecule has 0 fully saturated rings. The Balaban J connectivity index is 1.94. The number of aryl methyl sites for hydroxylation is 1. The molecule has 0 aliphatic carbocycles. The summed E-state index contributed by atoms with van der Waals surface area (Å²) < 4.78 is 15.8. The first kappa shape index (κ1) is 18.0. The Labute approximate surface area is 144 Å². The van der Waals surface area contributed by atoms with E-state index in [0.717, 1.165) is 30.8 Å². The van der Waals surface area contributed by atoms with E-state index in [1.807, 2.05) is 24.3 Å². The topological polar surface area (TPSA) is 47.9 Å². The summed E-state index contributed by atoms with van der Waals surface area (Å²) in [7, 11) is 4.87. The predicted octanol–water partition coefficient (Wildman–Crippen LogP) is 4.23. The van der Waals surface area contributed by atoms with Crippen molar-refractivity contribution in [1.82, 2.24) is 0 Å². The van der Waals surface area contributed by atoms with E-state index in [1.165, 1.54) is 11.1 Å². The molecule has 0 aliphatic heterocycles. The monoisotopic (exact) mass is 330 g/mol. The van der Waals surface area contributed by atoms with E-state index < -0.39 is 0 Å². The van der Waals surface area contributed by atoms with Gasteiger partial charge in [0.25, 0.3) is 0 Å². The number of rotatable bonds is 8. The predicted molar refractivity (Wildman–Crippen MR) is 95.4 cm³/mol. The molecule has 0 aliphatic rings. The summed E-state index contributed by atoms with van der Waals surface area (Å²) in [5.74, 6) is 2.75. The van der Waals surface area contributed by atoms with Gasteiger partial charge in [0.1, 0.15) is 0 Å². The lowest BCUT2D eigenvalue weighted by molar-refractivity contribution is 0.354. The van der Waals surface area contributed by atoms with Gasteiger partial charge in [-0.3, -0.25) is 0 Å². The van der Waals surface area contributed by atoms with Crippen molar-refractivity contribution in [2.24, 2.45) is 5.92 Å². The molecule has 4 heteroatoms. The minimum Gasteiger partial charge on any atom is -0.504 e. The zero-order valence-corrected chi connectivity index (χ0v) is 14.8. The van der Waals surface area contributed by atoms with Crippen LogP contribution in [-0.2, 0) is 12.8 Å². The van der Waals surface area contributed by atoms with E-state index in [0.29, 0.717) is 11.7 Å². The van der Waals surface area contributed by atoms with Gasteiger partial charge in [0.2, 0.25) is 0 Å². The minimum absolute atomic E-state index is 0.180. The molecule has 0 saturated carbocycles. The highest BCUT2D eigenvalue weighted by Gasteiger charge is 2.09. The molecule has 2 aromatic rings. The van der Waals surface area contributed by atoms with Crippen molar-refractivity contribution in [3.63, 3.8) is 0 Å². The highest BCUT2D eigenvalue weighted by molar-refractivity contribution is 5.43. The number of hydrogen-bond acceptors (Lipinski definition) is 4. The SMILES string of the molecule is COc1cc(C[C@@H](C)CCc2ccc(OC)c(OC)c2)ccc1O. The van der Waals surface area contributed by atoms with Crippen LogP contribution >= 0.6 is 0 Å². The van der Waals surface area contributed by atoms with Gasteiger partial charge in [-0.25, -0.2) is 0 Å². The van der Waals surface area contributed by atoms with Gasteiger partial charge in [0, 0.05) is 0 Å². The fourth-order valence-corrected chi connectivity index (χ4v) is 2.80. The van der Waals surface area contributed by atoms with E-state index in [9.17, 15) is 5.11 Å². The second kappa shape index (κ2) is 8.48. The maximum atomic E-state index is 9.67. The zero-order valence-electron chi connectivity index (χ0n) is 14.8. The Hall–Kier alpha value is -2.36. The second-order valence-corrected chi connectivity index (χ2v) is 6.04. The molecule has 2 aromatic carbocycles. The second-order valence-electron chi connectivity index (χ2n) is 6.04. The number of hydrogen-bond donors (Lipinski definition) is 1. The molecule has 130 valence electrons. The van der Waals surface area contributed by atoms with Crippen molar-refractivity contribution < 1.29 is 19.3 Å². The Morgan fingerprint density at radius 1 is 0.833 bits per heavy atom. The third-order valence-corrected chi connectivity index (χ3v) is 4.20. The van der Waals surface area contributed by atoms with Crippen molar-refractivity contribution in [2.45, 2.75) is 26.2 Å². The minimum atomic E-state index is 0.180. The first-order valence-electron chi connectivity index (χ1n) is 8.14. The van der Waals surface area contributed by atoms with Gasteiger partial charge < -0.3 is 19.3 Å². The maximum absolute atomic E-state index is 9.67. The molecule has 0 heterocycles. The van der Waals surface area contributed by atoms with Crippen LogP contribution in [-0.4, -0.2) is 26.4 Å². The van der Waals surface area contributed by atoms with Crippen LogP contribution in [0.5, 0.6) is 23.0 Å². The summed E-state index contributed by atoms with van der Waals surface area (Å²) in [5.41, 5.74) is 2.41. The molecule has 0 aromatic heterocycles. The van der Waals surface area contributed by atoms with Crippen molar-refractivity contribution >= 4 is 0 Å². The number of phenols is 1. The Kier molecular flexibility index (Phi) is 6.36. The van der Waals surface area contributed by atoms with E-state index in [1.54, 1.807) is 27.4 Å². The molecule has 0 unspecified atom stereocenters. The summed E-state index contributed by atoms with van der Waals surface area (Å²) in [5, 5.41) is 9.67. The summed E-state index contributed by atoms with van der Waals surface area (Å²) >= 11 is 0. The Bertz CT molecular complexity index is 667. The smallest absolute Gasteiger partial charge is 0.160 e. The fraction of sp³-hybridized carbons (Fsp3) is 0.400. The van der Waals surface area contributed by atoms with Gasteiger partial charge in [0.15, 0.2) is 23.0 Å². The van der Waals surface area contributed by atoms with Crippen LogP contribution in [0.3, 0.4) is 0 Å². The molecule has 24 heavy (non-hydrogen) atoms. The van der Waals surface area contributed by atoms with E-state index in [-0.39, 0.29) is 5.75 Å². The third-order valence-electron chi connectivity index (χ3n) is 4.20. The normalized spacial score (nSPS) is 11.8. The maximum Gasteiger partial charge on any atom is 0.160 e. The summed E-state index contributed by atoms with van der Waals surface area (Å²) in [4.78, 5) is 0. The molecule has 0 bridgehead atoms. The first-order chi connectivity index (χ1) is 11.6. The first-order valence-corrected chi connectivity index (χ1v) is 8.14. The number of ether oxygens (including phenoxy) is 3. The Morgan fingerprint density at radius 3 is 2.12 bits per heavy atom. The van der Waals surface area contributed by atoms with Crippen LogP contribution < -0.4 is 14.2 Å². The number of methoxy groups -OCH3 is 3. The third kappa shape index (κ3) is 4.57. The molecule has 0 saturated heterocycles. The molecule has 1 atom stereocenters. The van der Waals surface area contributed by atoms with E-state index in [2.05, 4.69) is 13.0 Å². The van der Waals surface area contributed by atoms with Gasteiger partial charge in [-0.15, -0.1) is 0 Å². The van der Waals surface area contributed by atoms with Gasteiger partial charge in [0.05, 0.1) is 21.3 Å². The van der Waals surface area contributed by atoms with E-state index in [4.69, 9.17) is 14.2 Å². The summed E-state index contributed by atoms with van der Waals surface area (Å²) in [6.07, 6.45) is 3.00. The molecule has 4 nitrogen and oxygen atoms in total. The fourth-order valence-electron chi connectivity index (χ4n) is 2.80. The molecular formula is C20H26O4. The lowest BCUT2D eigenvalue weighted by Crippen LogP contribution is -2.02. The number of aromatic hydroxyl groups is 1. The molecular weight excluding hydrogens is 304 g/mol. The highest BCUT2D eigenvalue weighted by atomic mass is 16.5. The quantitative estimate of drug-likeness (QED) is 0.787. The van der Waals surface area contributed by atoms with Crippen molar-refractivity contribution in [2.75, 3.05) is 21.3 Å². The average Bonchev–Trinajstić information content (AvgIpc) is 2.61. The van der Waals surface area contributed by atoms with Gasteiger partial charge >= 0.3 is 0 Å². The molecule has 0 amide bonds. The zero-order chi connectivity index (χ0) is 17.5. The lowest BCUT2D eigenvalue weighted by Gasteiger charge is -2.14. The molecule has 0 spiro atoms. The van der Waals surface area contributed by atoms with Crippen LogP contribution in [0.4, 0.5) is 0 Å². The average molecular weight is 330 g/mol. The van der Waals surface area contributed by atoms with Crippen molar-refractivity contribution in [3.05, 3.63) is 47.5 Å². The molecule has 0 radical (unpaired) electrons.